The molecule has 12 rings (SSSR count). The maximum atomic E-state index is 12.4. The minimum absolute atomic E-state index is 0.275. The second-order valence-corrected chi connectivity index (χ2v) is 17.6. The van der Waals surface area contributed by atoms with Gasteiger partial charge in [0.2, 0.25) is 0 Å². The Morgan fingerprint density at radius 3 is 1.17 bits per heavy atom. The molecule has 0 radical (unpaired) electrons. The molecule has 0 N–H and O–H groups in total. The number of pyridine rings is 2. The van der Waals surface area contributed by atoms with Crippen molar-refractivity contribution in [1.82, 2.24) is 14.5 Å². The average molecular weight is 838 g/mol. The van der Waals surface area contributed by atoms with Crippen molar-refractivity contribution in [1.29, 1.82) is 0 Å². The van der Waals surface area contributed by atoms with Crippen LogP contribution in [0.4, 0.5) is 34.4 Å². The summed E-state index contributed by atoms with van der Waals surface area (Å²) in [5.41, 5.74) is 10.5. The molecule has 0 aliphatic carbocycles. The molecule has 0 spiro atoms. The lowest BCUT2D eigenvalue weighted by Crippen LogP contribution is -2.16. The molecule has 5 heterocycles. The monoisotopic (exact) mass is 837 g/mol. The van der Waals surface area contributed by atoms with Gasteiger partial charge in [-0.05, 0) is 132 Å². The first-order valence-electron chi connectivity index (χ1n) is 20.5. The number of benzene rings is 7. The molecular formula is C53H35N5O4S. The van der Waals surface area contributed by atoms with Crippen LogP contribution in [0.1, 0.15) is 0 Å². The van der Waals surface area contributed by atoms with E-state index in [-0.39, 0.29) is 4.90 Å². The van der Waals surface area contributed by atoms with E-state index in [9.17, 15) is 8.42 Å². The Labute approximate surface area is 363 Å². The molecule has 3 aromatic heterocycles. The molecule has 302 valence electrons. The largest absolute Gasteiger partial charge is 0.453 e. The summed E-state index contributed by atoms with van der Waals surface area (Å²) in [6.07, 6.45) is 5.07. The number of rotatable bonds is 6. The summed E-state index contributed by atoms with van der Waals surface area (Å²) < 4.78 is 39.5. The number of nitrogens with zero attached hydrogens (tertiary/aromatic N) is 5. The minimum atomic E-state index is -3.37. The van der Waals surface area contributed by atoms with Crippen molar-refractivity contribution < 1.29 is 17.9 Å². The van der Waals surface area contributed by atoms with E-state index in [1.807, 2.05) is 134 Å². The van der Waals surface area contributed by atoms with Crippen molar-refractivity contribution >= 4 is 66.0 Å². The highest BCUT2D eigenvalue weighted by Gasteiger charge is 2.28. The number of para-hydroxylation sites is 8. The van der Waals surface area contributed by atoms with Crippen LogP contribution in [-0.4, -0.2) is 29.2 Å². The first kappa shape index (κ1) is 36.6. The quantitative estimate of drug-likeness (QED) is 0.164. The zero-order chi connectivity index (χ0) is 42.2. The van der Waals surface area contributed by atoms with Gasteiger partial charge in [0.25, 0.3) is 0 Å². The van der Waals surface area contributed by atoms with Crippen molar-refractivity contribution in [2.24, 2.45) is 0 Å². The van der Waals surface area contributed by atoms with E-state index < -0.39 is 9.84 Å². The van der Waals surface area contributed by atoms with Crippen LogP contribution < -0.4 is 19.3 Å². The van der Waals surface area contributed by atoms with E-state index in [0.29, 0.717) is 0 Å². The molecule has 0 saturated carbocycles. The summed E-state index contributed by atoms with van der Waals surface area (Å²) >= 11 is 0. The third kappa shape index (κ3) is 6.10. The van der Waals surface area contributed by atoms with E-state index in [0.717, 1.165) is 107 Å². The highest BCUT2D eigenvalue weighted by molar-refractivity contribution is 7.90. The van der Waals surface area contributed by atoms with Gasteiger partial charge in [-0.2, -0.15) is 0 Å². The fourth-order valence-electron chi connectivity index (χ4n) is 8.78. The van der Waals surface area contributed by atoms with Crippen LogP contribution in [-0.2, 0) is 9.84 Å². The number of hydrogen-bond acceptors (Lipinski definition) is 8. The van der Waals surface area contributed by atoms with Crippen LogP contribution in [0.2, 0.25) is 0 Å². The molecule has 0 fully saturated rings. The fraction of sp³-hybridized carbons (Fsp3) is 0.0189. The van der Waals surface area contributed by atoms with E-state index in [1.165, 1.54) is 6.26 Å². The van der Waals surface area contributed by atoms with E-state index in [2.05, 4.69) is 62.9 Å². The third-order valence-electron chi connectivity index (χ3n) is 11.8. The van der Waals surface area contributed by atoms with Gasteiger partial charge >= 0.3 is 0 Å². The highest BCUT2D eigenvalue weighted by atomic mass is 32.2. The number of anilines is 6. The predicted octanol–water partition coefficient (Wildman–Crippen LogP) is 13.5. The topological polar surface area (TPSA) is 89.8 Å². The highest BCUT2D eigenvalue weighted by Crippen LogP contribution is 2.51. The van der Waals surface area contributed by atoms with Gasteiger partial charge in [-0.25, -0.2) is 18.4 Å². The lowest BCUT2D eigenvalue weighted by Gasteiger charge is -2.31. The smallest absolute Gasteiger partial charge is 0.175 e. The van der Waals surface area contributed by atoms with Gasteiger partial charge in [0.15, 0.2) is 32.8 Å². The van der Waals surface area contributed by atoms with Crippen LogP contribution in [0.5, 0.6) is 23.0 Å². The Balaban J connectivity index is 0.955. The molecule has 0 atom stereocenters. The van der Waals surface area contributed by atoms with Crippen LogP contribution in [0.3, 0.4) is 0 Å². The molecule has 7 aromatic carbocycles. The zero-order valence-corrected chi connectivity index (χ0v) is 34.6. The summed E-state index contributed by atoms with van der Waals surface area (Å²) in [4.78, 5) is 14.6. The van der Waals surface area contributed by atoms with Crippen molar-refractivity contribution in [3.63, 3.8) is 0 Å². The first-order chi connectivity index (χ1) is 30.9. The number of ether oxygens (including phenoxy) is 2. The standard InChI is InChI=1S/C53H35N5O4S/c1-63(59,60)39-24-22-38(23-25-39)56-42-26-18-34(36-20-28-52(54-32-36)57-44-10-2-6-14-48(44)61-49-15-7-3-11-45(49)57)30-40(42)41-31-35(19-27-43(41)56)37-21-29-53(55-33-37)58-46-12-4-8-16-50(46)62-51-17-9-5-13-47(51)58/h2-33H,1H3. The number of hydrogen-bond donors (Lipinski definition) is 0. The maximum absolute atomic E-state index is 12.4. The second-order valence-electron chi connectivity index (χ2n) is 15.6. The molecule has 2 aliphatic rings. The number of fused-ring (bicyclic) bond motifs is 7. The Morgan fingerprint density at radius 1 is 0.429 bits per heavy atom. The van der Waals surface area contributed by atoms with Crippen molar-refractivity contribution in [2.75, 3.05) is 16.1 Å². The maximum Gasteiger partial charge on any atom is 0.175 e. The summed E-state index contributed by atoms with van der Waals surface area (Å²) in [6, 6.07) is 60.3. The van der Waals surface area contributed by atoms with Gasteiger partial charge < -0.3 is 14.0 Å². The van der Waals surface area contributed by atoms with Crippen LogP contribution in [0.25, 0.3) is 49.7 Å². The summed E-state index contributed by atoms with van der Waals surface area (Å²) in [5.74, 6) is 4.65. The molecule has 9 nitrogen and oxygen atoms in total. The SMILES string of the molecule is CS(=O)(=O)c1ccc(-n2c3ccc(-c4ccc(N5c6ccccc6Oc6ccccc65)nc4)cc3c3cc(-c4ccc(N5c6ccccc6Oc6ccccc65)nc4)ccc32)cc1. The van der Waals surface area contributed by atoms with Gasteiger partial charge in [-0.1, -0.05) is 60.7 Å². The lowest BCUT2D eigenvalue weighted by atomic mass is 10.0. The molecule has 10 heteroatoms. The zero-order valence-electron chi connectivity index (χ0n) is 33.8. The van der Waals surface area contributed by atoms with E-state index in [4.69, 9.17) is 19.4 Å². The summed E-state index contributed by atoms with van der Waals surface area (Å²) in [7, 11) is -3.37. The van der Waals surface area contributed by atoms with Crippen LogP contribution in [0.15, 0.2) is 199 Å². The van der Waals surface area contributed by atoms with Gasteiger partial charge in [-0.15, -0.1) is 0 Å². The minimum Gasteiger partial charge on any atom is -0.453 e. The molecule has 0 saturated heterocycles. The lowest BCUT2D eigenvalue weighted by molar-refractivity contribution is 0.476. The Morgan fingerprint density at radius 2 is 0.810 bits per heavy atom. The molecule has 2 aliphatic heterocycles. The van der Waals surface area contributed by atoms with Crippen molar-refractivity contribution in [3.8, 4) is 50.9 Å². The third-order valence-corrected chi connectivity index (χ3v) is 12.9. The second kappa shape index (κ2) is 14.2. The van der Waals surface area contributed by atoms with Crippen LogP contribution in [0, 0.1) is 0 Å². The van der Waals surface area contributed by atoms with Gasteiger partial charge in [-0.3, -0.25) is 9.80 Å². The molecule has 63 heavy (non-hydrogen) atoms. The van der Waals surface area contributed by atoms with E-state index >= 15 is 0 Å². The molecule has 10 aromatic rings. The van der Waals surface area contributed by atoms with Crippen molar-refractivity contribution in [2.45, 2.75) is 4.90 Å². The number of sulfone groups is 1. The molecule has 0 amide bonds. The molecule has 0 bridgehead atoms. The van der Waals surface area contributed by atoms with Gasteiger partial charge in [0.1, 0.15) is 11.6 Å². The van der Waals surface area contributed by atoms with E-state index in [1.54, 1.807) is 12.1 Å². The number of aromatic nitrogens is 3. The first-order valence-corrected chi connectivity index (χ1v) is 22.4. The van der Waals surface area contributed by atoms with Gasteiger partial charge in [0, 0.05) is 46.2 Å². The Hall–Kier alpha value is -8.21. The molecule has 0 unspecified atom stereocenters. The predicted molar refractivity (Wildman–Crippen MR) is 250 cm³/mol. The molecular weight excluding hydrogens is 803 g/mol. The summed E-state index contributed by atoms with van der Waals surface area (Å²) in [5, 5.41) is 2.09. The normalized spacial score (nSPS) is 12.8. The van der Waals surface area contributed by atoms with Gasteiger partial charge in [0.05, 0.1) is 38.7 Å². The fourth-order valence-corrected chi connectivity index (χ4v) is 9.41. The van der Waals surface area contributed by atoms with Crippen LogP contribution >= 0.6 is 0 Å². The van der Waals surface area contributed by atoms with Crippen molar-refractivity contribution in [3.05, 3.63) is 194 Å². The summed E-state index contributed by atoms with van der Waals surface area (Å²) in [6.45, 7) is 0. The average Bonchev–Trinajstić information content (AvgIpc) is 3.65. The Bertz CT molecular complexity index is 3260. The Kier molecular flexibility index (Phi) is 8.25.